The largest absolute Gasteiger partial charge is 0.467 e. The Morgan fingerprint density at radius 2 is 2.22 bits per heavy atom. The third kappa shape index (κ3) is 2.82. The monoisotopic (exact) mass is 265 g/mol. The van der Waals surface area contributed by atoms with Gasteiger partial charge in [0.15, 0.2) is 0 Å². The maximum Gasteiger partial charge on any atom is 0.253 e. The van der Waals surface area contributed by atoms with E-state index in [1.165, 1.54) is 0 Å². The number of hydrogen-bond donors (Lipinski definition) is 3. The van der Waals surface area contributed by atoms with Crippen LogP contribution in [0.2, 0.25) is 5.02 Å². The van der Waals surface area contributed by atoms with Crippen molar-refractivity contribution >= 4 is 23.2 Å². The van der Waals surface area contributed by atoms with Gasteiger partial charge >= 0.3 is 0 Å². The summed E-state index contributed by atoms with van der Waals surface area (Å²) in [6, 6.07) is 8.38. The van der Waals surface area contributed by atoms with Gasteiger partial charge in [-0.3, -0.25) is 10.6 Å². The fourth-order valence-electron chi connectivity index (χ4n) is 1.51. The number of anilines is 1. The van der Waals surface area contributed by atoms with Crippen LogP contribution >= 0.6 is 11.6 Å². The second-order valence-corrected chi connectivity index (χ2v) is 4.03. The highest BCUT2D eigenvalue weighted by Gasteiger charge is 2.11. The lowest BCUT2D eigenvalue weighted by atomic mass is 10.1. The number of hydrogen-bond acceptors (Lipinski definition) is 4. The highest BCUT2D eigenvalue weighted by atomic mass is 35.5. The van der Waals surface area contributed by atoms with Crippen LogP contribution in [-0.4, -0.2) is 5.91 Å². The van der Waals surface area contributed by atoms with E-state index >= 15 is 0 Å². The van der Waals surface area contributed by atoms with E-state index in [9.17, 15) is 4.79 Å². The zero-order chi connectivity index (χ0) is 13.0. The molecular formula is C12H12ClN3O2. The summed E-state index contributed by atoms with van der Waals surface area (Å²) in [5, 5.41) is 3.19. The lowest BCUT2D eigenvalue weighted by Crippen LogP contribution is -2.24. The first kappa shape index (κ1) is 12.5. The van der Waals surface area contributed by atoms with Gasteiger partial charge in [-0.25, -0.2) is 0 Å². The van der Waals surface area contributed by atoms with E-state index in [0.717, 1.165) is 0 Å². The molecule has 1 heterocycles. The Bertz CT molecular complexity index is 540. The van der Waals surface area contributed by atoms with Crippen LogP contribution in [-0.2, 0) is 6.54 Å². The average Bonchev–Trinajstić information content (AvgIpc) is 2.89. The molecule has 4 N–H and O–H groups in total. The van der Waals surface area contributed by atoms with Gasteiger partial charge in [0.05, 0.1) is 24.1 Å². The van der Waals surface area contributed by atoms with Crippen molar-refractivity contribution in [2.75, 3.05) is 5.43 Å². The Morgan fingerprint density at radius 3 is 2.89 bits per heavy atom. The van der Waals surface area contributed by atoms with Crippen LogP contribution in [0.4, 0.5) is 5.69 Å². The van der Waals surface area contributed by atoms with Crippen molar-refractivity contribution in [3.63, 3.8) is 0 Å². The summed E-state index contributed by atoms with van der Waals surface area (Å²) in [6.07, 6.45) is 1.55. The molecule has 0 aliphatic carbocycles. The predicted molar refractivity (Wildman–Crippen MR) is 69.1 cm³/mol. The Labute approximate surface area is 109 Å². The summed E-state index contributed by atoms with van der Waals surface area (Å²) in [5.41, 5.74) is 3.35. The van der Waals surface area contributed by atoms with Crippen molar-refractivity contribution < 1.29 is 9.21 Å². The molecule has 0 radical (unpaired) electrons. The van der Waals surface area contributed by atoms with Crippen molar-refractivity contribution in [2.45, 2.75) is 6.54 Å². The first-order valence-corrected chi connectivity index (χ1v) is 5.65. The fraction of sp³-hybridized carbons (Fsp3) is 0.0833. The van der Waals surface area contributed by atoms with E-state index < -0.39 is 0 Å². The molecule has 2 rings (SSSR count). The standard InChI is InChI=1S/C12H12ClN3O2/c13-8-3-4-11(16-14)10(6-8)12(17)15-7-9-2-1-5-18-9/h1-6,16H,7,14H2,(H,15,17). The maximum absolute atomic E-state index is 12.0. The minimum Gasteiger partial charge on any atom is -0.467 e. The molecule has 1 aromatic heterocycles. The van der Waals surface area contributed by atoms with Gasteiger partial charge in [-0.1, -0.05) is 11.6 Å². The number of benzene rings is 1. The molecule has 0 unspecified atom stereocenters. The SMILES string of the molecule is NNc1ccc(Cl)cc1C(=O)NCc1ccco1. The van der Waals surface area contributed by atoms with Gasteiger partial charge in [-0.15, -0.1) is 0 Å². The molecule has 0 fully saturated rings. The van der Waals surface area contributed by atoms with Gasteiger partial charge in [0.1, 0.15) is 5.76 Å². The Morgan fingerprint density at radius 1 is 1.39 bits per heavy atom. The van der Waals surface area contributed by atoms with Crippen molar-refractivity contribution in [3.05, 3.63) is 52.9 Å². The zero-order valence-corrected chi connectivity index (χ0v) is 10.2. The van der Waals surface area contributed by atoms with Gasteiger partial charge in [0.25, 0.3) is 5.91 Å². The predicted octanol–water partition coefficient (Wildman–Crippen LogP) is 2.15. The number of carbonyl (C=O) groups excluding carboxylic acids is 1. The smallest absolute Gasteiger partial charge is 0.253 e. The van der Waals surface area contributed by atoms with Crippen LogP contribution in [0.1, 0.15) is 16.1 Å². The third-order valence-electron chi connectivity index (χ3n) is 2.39. The van der Waals surface area contributed by atoms with E-state index in [1.807, 2.05) is 0 Å². The van der Waals surface area contributed by atoms with Crippen LogP contribution < -0.4 is 16.6 Å². The molecule has 0 aliphatic rings. The first-order valence-electron chi connectivity index (χ1n) is 5.27. The Hall–Kier alpha value is -1.98. The summed E-state index contributed by atoms with van der Waals surface area (Å²) in [7, 11) is 0. The Kier molecular flexibility index (Phi) is 3.86. The number of halogens is 1. The van der Waals surface area contributed by atoms with Crippen molar-refractivity contribution in [1.29, 1.82) is 0 Å². The van der Waals surface area contributed by atoms with Gasteiger partial charge < -0.3 is 15.2 Å². The van der Waals surface area contributed by atoms with Crippen LogP contribution in [0.5, 0.6) is 0 Å². The molecule has 1 aromatic carbocycles. The number of rotatable bonds is 4. The molecule has 6 heteroatoms. The minimum atomic E-state index is -0.276. The van der Waals surface area contributed by atoms with E-state index in [2.05, 4.69) is 10.7 Å². The maximum atomic E-state index is 12.0. The van der Waals surface area contributed by atoms with Gasteiger partial charge in [0.2, 0.25) is 0 Å². The van der Waals surface area contributed by atoms with E-state index in [4.69, 9.17) is 21.9 Å². The van der Waals surface area contributed by atoms with Gasteiger partial charge in [-0.2, -0.15) is 0 Å². The minimum absolute atomic E-state index is 0.276. The normalized spacial score (nSPS) is 10.1. The number of amides is 1. The molecule has 5 nitrogen and oxygen atoms in total. The molecule has 0 saturated heterocycles. The summed E-state index contributed by atoms with van der Waals surface area (Å²) in [5.74, 6) is 5.74. The molecule has 0 saturated carbocycles. The first-order chi connectivity index (χ1) is 8.70. The molecule has 1 amide bonds. The number of nitrogen functional groups attached to an aromatic ring is 1. The Balaban J connectivity index is 2.10. The number of nitrogens with one attached hydrogen (secondary N) is 2. The van der Waals surface area contributed by atoms with Crippen molar-refractivity contribution in [3.8, 4) is 0 Å². The molecule has 18 heavy (non-hydrogen) atoms. The number of hydrazine groups is 1. The average molecular weight is 266 g/mol. The zero-order valence-electron chi connectivity index (χ0n) is 9.44. The molecule has 94 valence electrons. The van der Waals surface area contributed by atoms with Crippen LogP contribution in [0.15, 0.2) is 41.0 Å². The second-order valence-electron chi connectivity index (χ2n) is 3.60. The lowest BCUT2D eigenvalue weighted by molar-refractivity contribution is 0.0949. The summed E-state index contributed by atoms with van der Waals surface area (Å²) in [6.45, 7) is 0.308. The summed E-state index contributed by atoms with van der Waals surface area (Å²) >= 11 is 5.85. The van der Waals surface area contributed by atoms with E-state index in [0.29, 0.717) is 28.6 Å². The number of carbonyl (C=O) groups is 1. The topological polar surface area (TPSA) is 80.3 Å². The van der Waals surface area contributed by atoms with Crippen molar-refractivity contribution in [2.24, 2.45) is 5.84 Å². The summed E-state index contributed by atoms with van der Waals surface area (Å²) < 4.78 is 5.12. The summed E-state index contributed by atoms with van der Waals surface area (Å²) in [4.78, 5) is 12.0. The van der Waals surface area contributed by atoms with Gasteiger partial charge in [-0.05, 0) is 30.3 Å². The number of nitrogens with two attached hydrogens (primary N) is 1. The van der Waals surface area contributed by atoms with Gasteiger partial charge in [0, 0.05) is 5.02 Å². The lowest BCUT2D eigenvalue weighted by Gasteiger charge is -2.09. The van der Waals surface area contributed by atoms with Crippen LogP contribution in [0, 0.1) is 0 Å². The molecular weight excluding hydrogens is 254 g/mol. The highest BCUT2D eigenvalue weighted by Crippen LogP contribution is 2.19. The highest BCUT2D eigenvalue weighted by molar-refractivity contribution is 6.31. The van der Waals surface area contributed by atoms with Crippen LogP contribution in [0.25, 0.3) is 0 Å². The molecule has 0 atom stereocenters. The second kappa shape index (κ2) is 5.57. The molecule has 0 aliphatic heterocycles. The third-order valence-corrected chi connectivity index (χ3v) is 2.62. The van der Waals surface area contributed by atoms with Crippen LogP contribution in [0.3, 0.4) is 0 Å². The molecule has 2 aromatic rings. The van der Waals surface area contributed by atoms with Crippen molar-refractivity contribution in [1.82, 2.24) is 5.32 Å². The molecule has 0 spiro atoms. The van der Waals surface area contributed by atoms with E-state index in [1.54, 1.807) is 36.6 Å². The molecule has 0 bridgehead atoms. The van der Waals surface area contributed by atoms with E-state index in [-0.39, 0.29) is 5.91 Å². The number of furan rings is 1. The fourth-order valence-corrected chi connectivity index (χ4v) is 1.68. The quantitative estimate of drug-likeness (QED) is 0.584.